The van der Waals surface area contributed by atoms with Crippen LogP contribution in [0, 0.1) is 19.8 Å². The third kappa shape index (κ3) is 6.58. The Morgan fingerprint density at radius 3 is 2.50 bits per heavy atom. The summed E-state index contributed by atoms with van der Waals surface area (Å²) in [7, 11) is -5.00. The second-order valence-electron chi connectivity index (χ2n) is 9.84. The second kappa shape index (κ2) is 11.7. The molecule has 36 heavy (non-hydrogen) atoms. The fourth-order valence-corrected chi connectivity index (χ4v) is 5.37. The topological polar surface area (TPSA) is 117 Å². The van der Waals surface area contributed by atoms with E-state index >= 15 is 0 Å². The van der Waals surface area contributed by atoms with Crippen molar-refractivity contribution in [3.8, 4) is 0 Å². The van der Waals surface area contributed by atoms with Crippen LogP contribution in [0.1, 0.15) is 59.5 Å². The van der Waals surface area contributed by atoms with Gasteiger partial charge in [-0.05, 0) is 86.3 Å². The molecular formula is C26H29N2Na2O5P. The third-order valence-electron chi connectivity index (χ3n) is 7.27. The number of phosphoric ester groups is 1. The molecule has 7 nitrogen and oxygen atoms in total. The van der Waals surface area contributed by atoms with Gasteiger partial charge in [-0.25, -0.2) is 0 Å². The van der Waals surface area contributed by atoms with Crippen LogP contribution in [-0.4, -0.2) is 17.5 Å². The normalized spacial score (nSPS) is 17.1. The Morgan fingerprint density at radius 1 is 1.17 bits per heavy atom. The Kier molecular flexibility index (Phi) is 9.82. The molecule has 5 rings (SSSR count). The minimum absolute atomic E-state index is 0. The molecular weight excluding hydrogens is 497 g/mol. The first-order valence-corrected chi connectivity index (χ1v) is 13.3. The van der Waals surface area contributed by atoms with Gasteiger partial charge < -0.3 is 29.2 Å². The van der Waals surface area contributed by atoms with Crippen LogP contribution in [0.15, 0.2) is 42.6 Å². The standard InChI is InChI=1S/C26H31N2O5P.2Na/c1-16-3-7-21(17(2)13-16)24(18-4-5-18)28-25(29)26(10-11-26)20-6-8-23-22(14-20)19(15-27-23)9-12-33-34(30,31)32;;/h3,6-8,13-15,18,24,27H,4-5,9-12H2,1-2H3,(H,28,29)(H2,30,31,32);;/q;2*+1/p-2. The van der Waals surface area contributed by atoms with Crippen LogP contribution >= 0.6 is 7.82 Å². The average Bonchev–Trinajstić information content (AvgIpc) is 3.69. The van der Waals surface area contributed by atoms with Gasteiger partial charge in [0.05, 0.1) is 25.9 Å². The van der Waals surface area contributed by atoms with Crippen LogP contribution in [0.2, 0.25) is 0 Å². The van der Waals surface area contributed by atoms with E-state index in [1.807, 2.05) is 18.2 Å². The maximum absolute atomic E-state index is 13.6. The van der Waals surface area contributed by atoms with E-state index in [1.54, 1.807) is 6.20 Å². The fraction of sp³-hybridized carbons (Fsp3) is 0.423. The molecule has 1 aromatic heterocycles. The Morgan fingerprint density at radius 2 is 1.89 bits per heavy atom. The summed E-state index contributed by atoms with van der Waals surface area (Å²) in [6, 6.07) is 12.4. The van der Waals surface area contributed by atoms with Gasteiger partial charge in [-0.3, -0.25) is 4.79 Å². The number of benzene rings is 2. The van der Waals surface area contributed by atoms with Crippen molar-refractivity contribution >= 4 is 24.6 Å². The number of phosphoric acid groups is 1. The zero-order valence-corrected chi connectivity index (χ0v) is 26.3. The molecule has 1 unspecified atom stereocenters. The molecule has 2 fully saturated rings. The van der Waals surface area contributed by atoms with Crippen molar-refractivity contribution in [3.63, 3.8) is 0 Å². The van der Waals surface area contributed by atoms with E-state index in [0.29, 0.717) is 5.92 Å². The molecule has 1 atom stereocenters. The number of aromatic nitrogens is 1. The molecule has 2 aliphatic rings. The van der Waals surface area contributed by atoms with Crippen molar-refractivity contribution < 1.29 is 82.8 Å². The van der Waals surface area contributed by atoms with Gasteiger partial charge in [-0.15, -0.1) is 0 Å². The molecule has 180 valence electrons. The van der Waals surface area contributed by atoms with Gasteiger partial charge in [-0.1, -0.05) is 29.8 Å². The Balaban J connectivity index is 0.00000180. The molecule has 2 aromatic carbocycles. The summed E-state index contributed by atoms with van der Waals surface area (Å²) in [6.07, 6.45) is 5.94. The predicted molar refractivity (Wildman–Crippen MR) is 126 cm³/mol. The number of aryl methyl sites for hydroxylation is 2. The van der Waals surface area contributed by atoms with E-state index in [0.717, 1.165) is 47.7 Å². The summed E-state index contributed by atoms with van der Waals surface area (Å²) in [5, 5.41) is 4.31. The zero-order valence-electron chi connectivity index (χ0n) is 21.4. The van der Waals surface area contributed by atoms with Crippen LogP contribution in [0.25, 0.3) is 10.9 Å². The van der Waals surface area contributed by atoms with Crippen LogP contribution in [0.3, 0.4) is 0 Å². The van der Waals surface area contributed by atoms with E-state index in [1.165, 1.54) is 16.7 Å². The van der Waals surface area contributed by atoms with Gasteiger partial charge in [0.2, 0.25) is 5.91 Å². The summed E-state index contributed by atoms with van der Waals surface area (Å²) >= 11 is 0. The maximum Gasteiger partial charge on any atom is 1.00 e. The number of rotatable bonds is 9. The number of hydrogen-bond acceptors (Lipinski definition) is 5. The van der Waals surface area contributed by atoms with Crippen molar-refractivity contribution in [1.29, 1.82) is 0 Å². The second-order valence-corrected chi connectivity index (χ2v) is 11.0. The quantitative estimate of drug-likeness (QED) is 0.236. The first-order valence-electron chi connectivity index (χ1n) is 11.8. The number of fused-ring (bicyclic) bond motifs is 1. The van der Waals surface area contributed by atoms with Gasteiger partial charge in [0.15, 0.2) is 0 Å². The molecule has 3 aromatic rings. The van der Waals surface area contributed by atoms with E-state index in [4.69, 9.17) is 0 Å². The van der Waals surface area contributed by atoms with Crippen LogP contribution in [0.4, 0.5) is 0 Å². The number of amides is 1. The monoisotopic (exact) mass is 526 g/mol. The average molecular weight is 526 g/mol. The van der Waals surface area contributed by atoms with Crippen molar-refractivity contribution in [1.82, 2.24) is 10.3 Å². The summed E-state index contributed by atoms with van der Waals surface area (Å²) in [5.74, 6) is 0.556. The molecule has 2 saturated carbocycles. The van der Waals surface area contributed by atoms with Crippen molar-refractivity contribution in [3.05, 3.63) is 70.4 Å². The summed E-state index contributed by atoms with van der Waals surface area (Å²) < 4.78 is 15.2. The van der Waals surface area contributed by atoms with Crippen LogP contribution < -0.4 is 74.2 Å². The van der Waals surface area contributed by atoms with E-state index in [-0.39, 0.29) is 84.1 Å². The number of aromatic amines is 1. The first-order chi connectivity index (χ1) is 16.2. The van der Waals surface area contributed by atoms with Gasteiger partial charge in [0, 0.05) is 17.1 Å². The largest absolute Gasteiger partial charge is 1.00 e. The van der Waals surface area contributed by atoms with E-state index < -0.39 is 13.2 Å². The van der Waals surface area contributed by atoms with Gasteiger partial charge in [-0.2, -0.15) is 0 Å². The van der Waals surface area contributed by atoms with Crippen LogP contribution in [0.5, 0.6) is 0 Å². The zero-order chi connectivity index (χ0) is 24.1. The van der Waals surface area contributed by atoms with E-state index in [2.05, 4.69) is 46.9 Å². The van der Waals surface area contributed by atoms with Crippen molar-refractivity contribution in [2.45, 2.75) is 57.4 Å². The molecule has 1 heterocycles. The number of carbonyl (C=O) groups is 1. The van der Waals surface area contributed by atoms with Crippen molar-refractivity contribution in [2.24, 2.45) is 5.92 Å². The number of carbonyl (C=O) groups excluding carboxylic acids is 1. The summed E-state index contributed by atoms with van der Waals surface area (Å²) in [6.45, 7) is 3.99. The van der Waals surface area contributed by atoms with Gasteiger partial charge >= 0.3 is 59.1 Å². The first kappa shape index (κ1) is 30.1. The fourth-order valence-electron chi connectivity index (χ4n) is 5.06. The molecule has 0 radical (unpaired) electrons. The molecule has 2 aliphatic carbocycles. The molecule has 1 amide bonds. The molecule has 0 aliphatic heterocycles. The number of H-pyrrole nitrogens is 1. The minimum Gasteiger partial charge on any atom is -0.790 e. The van der Waals surface area contributed by atoms with Gasteiger partial charge in [0.1, 0.15) is 0 Å². The third-order valence-corrected chi connectivity index (χ3v) is 7.76. The maximum atomic E-state index is 13.6. The molecule has 0 spiro atoms. The number of hydrogen-bond donors (Lipinski definition) is 2. The van der Waals surface area contributed by atoms with Gasteiger partial charge in [0.25, 0.3) is 0 Å². The van der Waals surface area contributed by atoms with Crippen molar-refractivity contribution in [2.75, 3.05) is 6.61 Å². The molecule has 2 N–H and O–H groups in total. The Labute approximate surface area is 256 Å². The summed E-state index contributed by atoms with van der Waals surface area (Å²) in [5.41, 5.74) is 5.81. The minimum atomic E-state index is -5.00. The Bertz CT molecular complexity index is 1300. The number of nitrogens with one attached hydrogen (secondary N) is 2. The smallest absolute Gasteiger partial charge is 0.790 e. The molecule has 0 saturated heterocycles. The van der Waals surface area contributed by atoms with E-state index in [9.17, 15) is 19.1 Å². The predicted octanol–water partition coefficient (Wildman–Crippen LogP) is -2.52. The molecule has 10 heteroatoms. The molecule has 0 bridgehead atoms. The summed E-state index contributed by atoms with van der Waals surface area (Å²) in [4.78, 5) is 38.3. The van der Waals surface area contributed by atoms with Crippen LogP contribution in [-0.2, 0) is 25.7 Å². The Hall–Kier alpha value is -0.440. The SMILES string of the molecule is Cc1ccc(C(NC(=O)C2(c3ccc4[nH]cc(CCOP(=O)([O-])[O-])c4c3)CC2)C2CC2)c(C)c1.[Na+].[Na+].